The standard InChI is InChI=1S/C14H26N2O3/c15-13(18)9-7-5-3-1-2-4-6-8-12(10-11-17)14(16)19/h8,17H,1-7,9-11H2,(H2,15,18)(H2,16,19). The van der Waals surface area contributed by atoms with Gasteiger partial charge in [-0.05, 0) is 19.3 Å². The number of carbonyl (C=O) groups excluding carboxylic acids is 2. The van der Waals surface area contributed by atoms with E-state index in [-0.39, 0.29) is 12.5 Å². The van der Waals surface area contributed by atoms with Crippen LogP contribution >= 0.6 is 0 Å². The molecule has 0 unspecified atom stereocenters. The fourth-order valence-electron chi connectivity index (χ4n) is 1.87. The maximum absolute atomic E-state index is 11.0. The summed E-state index contributed by atoms with van der Waals surface area (Å²) in [6.07, 6.45) is 9.71. The zero-order valence-corrected chi connectivity index (χ0v) is 11.6. The second-order valence-electron chi connectivity index (χ2n) is 4.69. The summed E-state index contributed by atoms with van der Waals surface area (Å²) in [4.78, 5) is 21.5. The van der Waals surface area contributed by atoms with Crippen LogP contribution in [-0.2, 0) is 9.59 Å². The lowest BCUT2D eigenvalue weighted by Gasteiger charge is -2.02. The third kappa shape index (κ3) is 11.5. The van der Waals surface area contributed by atoms with Gasteiger partial charge in [0.15, 0.2) is 0 Å². The fraction of sp³-hybridized carbons (Fsp3) is 0.714. The molecule has 0 aliphatic heterocycles. The highest BCUT2D eigenvalue weighted by atomic mass is 16.3. The highest BCUT2D eigenvalue weighted by molar-refractivity contribution is 5.91. The van der Waals surface area contributed by atoms with Crippen molar-refractivity contribution < 1.29 is 14.7 Å². The van der Waals surface area contributed by atoms with Gasteiger partial charge in [0.25, 0.3) is 0 Å². The third-order valence-electron chi connectivity index (χ3n) is 2.97. The molecule has 0 spiro atoms. The fourth-order valence-corrected chi connectivity index (χ4v) is 1.87. The summed E-state index contributed by atoms with van der Waals surface area (Å²) < 4.78 is 0. The van der Waals surface area contributed by atoms with Gasteiger partial charge >= 0.3 is 0 Å². The summed E-state index contributed by atoms with van der Waals surface area (Å²) >= 11 is 0. The topological polar surface area (TPSA) is 106 Å². The maximum atomic E-state index is 11.0. The molecule has 110 valence electrons. The smallest absolute Gasteiger partial charge is 0.244 e. The van der Waals surface area contributed by atoms with Gasteiger partial charge in [-0.15, -0.1) is 0 Å². The summed E-state index contributed by atoms with van der Waals surface area (Å²) in [5.41, 5.74) is 10.8. The van der Waals surface area contributed by atoms with Gasteiger partial charge < -0.3 is 16.6 Å². The molecule has 2 amide bonds. The second kappa shape index (κ2) is 11.7. The number of aliphatic hydroxyl groups is 1. The molecule has 0 aromatic rings. The van der Waals surface area contributed by atoms with Crippen LogP contribution in [0.5, 0.6) is 0 Å². The quantitative estimate of drug-likeness (QED) is 0.368. The minimum atomic E-state index is -0.444. The molecule has 0 heterocycles. The van der Waals surface area contributed by atoms with Crippen molar-refractivity contribution in [1.82, 2.24) is 0 Å². The average Bonchev–Trinajstić information content (AvgIpc) is 2.34. The molecular formula is C14H26N2O3. The Kier molecular flexibility index (Phi) is 10.9. The number of hydrogen-bond donors (Lipinski definition) is 3. The van der Waals surface area contributed by atoms with Crippen LogP contribution in [0, 0.1) is 0 Å². The SMILES string of the molecule is NC(=O)CCCCCCCCC=C(CCO)C(N)=O. The van der Waals surface area contributed by atoms with Gasteiger partial charge in [0.1, 0.15) is 0 Å². The van der Waals surface area contributed by atoms with Crippen LogP contribution < -0.4 is 11.5 Å². The second-order valence-corrected chi connectivity index (χ2v) is 4.69. The van der Waals surface area contributed by atoms with Crippen molar-refractivity contribution in [2.75, 3.05) is 6.61 Å². The molecular weight excluding hydrogens is 244 g/mol. The van der Waals surface area contributed by atoms with Crippen LogP contribution in [0.2, 0.25) is 0 Å². The summed E-state index contributed by atoms with van der Waals surface area (Å²) in [7, 11) is 0. The zero-order valence-electron chi connectivity index (χ0n) is 11.6. The summed E-state index contributed by atoms with van der Waals surface area (Å²) in [6.45, 7) is -0.0470. The molecule has 0 aromatic heterocycles. The Balaban J connectivity index is 3.50. The van der Waals surface area contributed by atoms with Crippen molar-refractivity contribution in [2.24, 2.45) is 11.5 Å². The van der Waals surface area contributed by atoms with Gasteiger partial charge in [0.2, 0.25) is 11.8 Å². The molecule has 0 rings (SSSR count). The lowest BCUT2D eigenvalue weighted by Crippen LogP contribution is -2.14. The molecule has 0 atom stereocenters. The Morgan fingerprint density at radius 2 is 1.47 bits per heavy atom. The van der Waals surface area contributed by atoms with Crippen molar-refractivity contribution in [3.8, 4) is 0 Å². The van der Waals surface area contributed by atoms with E-state index in [1.807, 2.05) is 6.08 Å². The number of unbranched alkanes of at least 4 members (excludes halogenated alkanes) is 6. The molecule has 5 N–H and O–H groups in total. The maximum Gasteiger partial charge on any atom is 0.244 e. The Morgan fingerprint density at radius 1 is 0.895 bits per heavy atom. The lowest BCUT2D eigenvalue weighted by atomic mass is 10.1. The predicted octanol–water partition coefficient (Wildman–Crippen LogP) is 1.39. The van der Waals surface area contributed by atoms with Crippen LogP contribution in [0.4, 0.5) is 0 Å². The first-order chi connectivity index (χ1) is 9.07. The zero-order chi connectivity index (χ0) is 14.5. The van der Waals surface area contributed by atoms with E-state index in [0.29, 0.717) is 18.4 Å². The van der Waals surface area contributed by atoms with Gasteiger partial charge in [0, 0.05) is 25.0 Å². The molecule has 5 heteroatoms. The molecule has 0 aliphatic carbocycles. The van der Waals surface area contributed by atoms with Crippen molar-refractivity contribution in [3.05, 3.63) is 11.6 Å². The molecule has 0 bridgehead atoms. The number of nitrogens with two attached hydrogens (primary N) is 2. The van der Waals surface area contributed by atoms with E-state index in [1.165, 1.54) is 0 Å². The number of allylic oxidation sites excluding steroid dienone is 1. The molecule has 0 saturated heterocycles. The summed E-state index contributed by atoms with van der Waals surface area (Å²) in [5.74, 6) is -0.673. The lowest BCUT2D eigenvalue weighted by molar-refractivity contribution is -0.118. The van der Waals surface area contributed by atoms with Crippen molar-refractivity contribution >= 4 is 11.8 Å². The Morgan fingerprint density at radius 3 is 2.00 bits per heavy atom. The Labute approximate surface area is 115 Å². The van der Waals surface area contributed by atoms with Gasteiger partial charge in [-0.3, -0.25) is 9.59 Å². The van der Waals surface area contributed by atoms with Gasteiger partial charge in [-0.1, -0.05) is 31.8 Å². The highest BCUT2D eigenvalue weighted by Gasteiger charge is 2.02. The largest absolute Gasteiger partial charge is 0.396 e. The predicted molar refractivity (Wildman–Crippen MR) is 75.1 cm³/mol. The van der Waals surface area contributed by atoms with E-state index in [4.69, 9.17) is 16.6 Å². The highest BCUT2D eigenvalue weighted by Crippen LogP contribution is 2.10. The Hall–Kier alpha value is -1.36. The third-order valence-corrected chi connectivity index (χ3v) is 2.97. The molecule has 0 radical (unpaired) electrons. The first-order valence-electron chi connectivity index (χ1n) is 6.96. The molecule has 19 heavy (non-hydrogen) atoms. The molecule has 0 saturated carbocycles. The normalized spacial score (nSPS) is 11.5. The van der Waals surface area contributed by atoms with Crippen molar-refractivity contribution in [2.45, 2.75) is 57.8 Å². The minimum absolute atomic E-state index is 0.0470. The summed E-state index contributed by atoms with van der Waals surface area (Å²) in [6, 6.07) is 0. The van der Waals surface area contributed by atoms with Crippen molar-refractivity contribution in [1.29, 1.82) is 0 Å². The molecule has 0 aromatic carbocycles. The number of carbonyl (C=O) groups is 2. The van der Waals surface area contributed by atoms with Gasteiger partial charge in [-0.2, -0.15) is 0 Å². The monoisotopic (exact) mass is 270 g/mol. The number of aliphatic hydroxyl groups excluding tert-OH is 1. The van der Waals surface area contributed by atoms with E-state index in [2.05, 4.69) is 0 Å². The number of hydrogen-bond acceptors (Lipinski definition) is 3. The van der Waals surface area contributed by atoms with E-state index >= 15 is 0 Å². The van der Waals surface area contributed by atoms with Crippen LogP contribution in [0.25, 0.3) is 0 Å². The molecule has 5 nitrogen and oxygen atoms in total. The average molecular weight is 270 g/mol. The van der Waals surface area contributed by atoms with Crippen LogP contribution in [0.3, 0.4) is 0 Å². The van der Waals surface area contributed by atoms with Crippen LogP contribution in [0.1, 0.15) is 57.8 Å². The first-order valence-corrected chi connectivity index (χ1v) is 6.96. The van der Waals surface area contributed by atoms with Crippen molar-refractivity contribution in [3.63, 3.8) is 0 Å². The van der Waals surface area contributed by atoms with Gasteiger partial charge in [-0.25, -0.2) is 0 Å². The van der Waals surface area contributed by atoms with Crippen LogP contribution in [0.15, 0.2) is 11.6 Å². The minimum Gasteiger partial charge on any atom is -0.396 e. The van der Waals surface area contributed by atoms with Crippen LogP contribution in [-0.4, -0.2) is 23.5 Å². The van der Waals surface area contributed by atoms with E-state index in [1.54, 1.807) is 0 Å². The number of rotatable bonds is 12. The number of amides is 2. The van der Waals surface area contributed by atoms with Gasteiger partial charge in [0.05, 0.1) is 0 Å². The molecule has 0 aliphatic rings. The van der Waals surface area contributed by atoms with E-state index < -0.39 is 5.91 Å². The van der Waals surface area contributed by atoms with E-state index in [9.17, 15) is 9.59 Å². The van der Waals surface area contributed by atoms with E-state index in [0.717, 1.165) is 44.9 Å². The Bertz CT molecular complexity index is 301. The first kappa shape index (κ1) is 17.6. The number of primary amides is 2. The summed E-state index contributed by atoms with van der Waals surface area (Å²) in [5, 5.41) is 8.77. The molecule has 0 fully saturated rings.